The number of benzene rings is 2. The van der Waals surface area contributed by atoms with E-state index in [2.05, 4.69) is 16.2 Å². The smallest absolute Gasteiger partial charge is 0.276 e. The Morgan fingerprint density at radius 3 is 2.36 bits per heavy atom. The fraction of sp³-hybridized carbons (Fsp3) is 0.150. The van der Waals surface area contributed by atoms with E-state index in [-0.39, 0.29) is 17.5 Å². The molecule has 8 heteroatoms. The van der Waals surface area contributed by atoms with E-state index in [4.69, 9.17) is 17.0 Å². The molecule has 0 bridgehead atoms. The topological polar surface area (TPSA) is 79.5 Å². The number of amides is 2. The molecule has 0 aliphatic carbocycles. The Hall–Kier alpha value is -3.26. The summed E-state index contributed by atoms with van der Waals surface area (Å²) < 4.78 is 18.3. The molecule has 2 aromatic rings. The predicted octanol–water partition coefficient (Wildman–Crippen LogP) is 2.56. The maximum absolute atomic E-state index is 12.8. The Kier molecular flexibility index (Phi) is 7.65. The van der Waals surface area contributed by atoms with Crippen LogP contribution in [-0.2, 0) is 9.59 Å². The van der Waals surface area contributed by atoms with Crippen molar-refractivity contribution in [2.24, 2.45) is 0 Å². The normalized spacial score (nSPS) is 10.4. The average molecular weight is 401 g/mol. The number of carbonyl (C=O) groups excluding carboxylic acids is 2. The Bertz CT molecular complexity index is 878. The summed E-state index contributed by atoms with van der Waals surface area (Å²) in [6, 6.07) is 11.3. The van der Waals surface area contributed by atoms with E-state index in [1.165, 1.54) is 36.4 Å². The number of hydrazine groups is 1. The van der Waals surface area contributed by atoms with Crippen molar-refractivity contribution in [3.05, 3.63) is 71.0 Å². The molecule has 0 atom stereocenters. The maximum atomic E-state index is 12.8. The van der Waals surface area contributed by atoms with Gasteiger partial charge in [-0.1, -0.05) is 30.3 Å². The van der Waals surface area contributed by atoms with Gasteiger partial charge in [-0.3, -0.25) is 25.8 Å². The molecule has 2 aromatic carbocycles. The monoisotopic (exact) mass is 401 g/mol. The van der Waals surface area contributed by atoms with Crippen LogP contribution in [0, 0.1) is 19.7 Å². The van der Waals surface area contributed by atoms with Gasteiger partial charge in [-0.2, -0.15) is 0 Å². The highest BCUT2D eigenvalue weighted by Gasteiger charge is 2.08. The van der Waals surface area contributed by atoms with Crippen LogP contribution in [0.1, 0.15) is 16.7 Å². The number of halogens is 1. The molecule has 0 saturated heterocycles. The first-order valence-electron chi connectivity index (χ1n) is 8.37. The zero-order valence-corrected chi connectivity index (χ0v) is 16.2. The minimum absolute atomic E-state index is 0.0748. The molecule has 0 saturated carbocycles. The van der Waals surface area contributed by atoms with Gasteiger partial charge in [0.2, 0.25) is 5.91 Å². The number of carbonyl (C=O) groups is 2. The van der Waals surface area contributed by atoms with Gasteiger partial charge in [0.1, 0.15) is 11.6 Å². The van der Waals surface area contributed by atoms with Crippen molar-refractivity contribution in [2.75, 3.05) is 6.61 Å². The summed E-state index contributed by atoms with van der Waals surface area (Å²) in [5.41, 5.74) is 7.28. The van der Waals surface area contributed by atoms with Gasteiger partial charge in [0.15, 0.2) is 11.7 Å². The van der Waals surface area contributed by atoms with Crippen LogP contribution in [0.15, 0.2) is 48.5 Å². The molecule has 146 valence electrons. The van der Waals surface area contributed by atoms with E-state index < -0.39 is 11.8 Å². The zero-order valence-electron chi connectivity index (χ0n) is 15.4. The van der Waals surface area contributed by atoms with Crippen LogP contribution in [-0.4, -0.2) is 23.5 Å². The van der Waals surface area contributed by atoms with E-state index in [1.54, 1.807) is 0 Å². The number of thiocarbonyl (C=S) groups is 1. The van der Waals surface area contributed by atoms with E-state index in [0.29, 0.717) is 11.3 Å². The molecule has 0 aromatic heterocycles. The largest absolute Gasteiger partial charge is 0.483 e. The third-order valence-corrected chi connectivity index (χ3v) is 3.81. The molecule has 2 rings (SSSR count). The minimum Gasteiger partial charge on any atom is -0.483 e. The highest BCUT2D eigenvalue weighted by molar-refractivity contribution is 7.80. The van der Waals surface area contributed by atoms with Crippen molar-refractivity contribution in [2.45, 2.75) is 13.8 Å². The summed E-state index contributed by atoms with van der Waals surface area (Å²) in [5.74, 6) is -0.660. The van der Waals surface area contributed by atoms with Crippen molar-refractivity contribution < 1.29 is 18.7 Å². The Labute approximate surface area is 167 Å². The molecule has 0 unspecified atom stereocenters. The number of ether oxygens (including phenoxy) is 1. The lowest BCUT2D eigenvalue weighted by molar-refractivity contribution is -0.123. The fourth-order valence-corrected chi connectivity index (χ4v) is 2.41. The van der Waals surface area contributed by atoms with Gasteiger partial charge in [0.25, 0.3) is 5.91 Å². The third kappa shape index (κ3) is 6.81. The number of nitrogens with one attached hydrogen (secondary N) is 3. The van der Waals surface area contributed by atoms with Crippen LogP contribution in [0.25, 0.3) is 6.08 Å². The molecule has 0 heterocycles. The van der Waals surface area contributed by atoms with Crippen molar-refractivity contribution >= 4 is 35.2 Å². The van der Waals surface area contributed by atoms with E-state index in [1.807, 2.05) is 32.0 Å². The number of aryl methyl sites for hydroxylation is 2. The summed E-state index contributed by atoms with van der Waals surface area (Å²) in [6.45, 7) is 3.57. The van der Waals surface area contributed by atoms with Crippen LogP contribution >= 0.6 is 12.2 Å². The molecule has 0 aliphatic rings. The first-order chi connectivity index (χ1) is 13.3. The molecule has 28 heavy (non-hydrogen) atoms. The molecule has 0 fully saturated rings. The number of hydrogen-bond donors (Lipinski definition) is 3. The second kappa shape index (κ2) is 10.2. The fourth-order valence-electron chi connectivity index (χ4n) is 2.26. The first kappa shape index (κ1) is 21.0. The standard InChI is InChI=1S/C20H20FN3O3S/c1-13-4-3-5-14(2)19(13)27-12-18(26)23-24-20(28)22-17(25)11-8-15-6-9-16(21)10-7-15/h3-11H,12H2,1-2H3,(H,23,26)(H2,22,24,25,28)/b11-8+. The summed E-state index contributed by atoms with van der Waals surface area (Å²) >= 11 is 4.93. The van der Waals surface area contributed by atoms with Gasteiger partial charge in [0, 0.05) is 6.08 Å². The van der Waals surface area contributed by atoms with Crippen molar-refractivity contribution in [3.8, 4) is 5.75 Å². The van der Waals surface area contributed by atoms with E-state index >= 15 is 0 Å². The van der Waals surface area contributed by atoms with Gasteiger partial charge >= 0.3 is 0 Å². The van der Waals surface area contributed by atoms with Crippen molar-refractivity contribution in [1.29, 1.82) is 0 Å². The van der Waals surface area contributed by atoms with Crippen LogP contribution in [0.4, 0.5) is 4.39 Å². The van der Waals surface area contributed by atoms with Crippen LogP contribution < -0.4 is 20.9 Å². The third-order valence-electron chi connectivity index (χ3n) is 3.61. The second-order valence-electron chi connectivity index (χ2n) is 5.89. The van der Waals surface area contributed by atoms with Crippen LogP contribution in [0.2, 0.25) is 0 Å². The van der Waals surface area contributed by atoms with Crippen molar-refractivity contribution in [3.63, 3.8) is 0 Å². The molecule has 2 amide bonds. The summed E-state index contributed by atoms with van der Waals surface area (Å²) in [5, 5.41) is 2.30. The lowest BCUT2D eigenvalue weighted by Crippen LogP contribution is -2.49. The summed E-state index contributed by atoms with van der Waals surface area (Å²) in [7, 11) is 0. The average Bonchev–Trinajstić information content (AvgIpc) is 2.65. The van der Waals surface area contributed by atoms with Gasteiger partial charge in [0.05, 0.1) is 0 Å². The molecule has 3 N–H and O–H groups in total. The van der Waals surface area contributed by atoms with Crippen LogP contribution in [0.5, 0.6) is 5.75 Å². The molecular formula is C20H20FN3O3S. The van der Waals surface area contributed by atoms with Gasteiger partial charge in [-0.05, 0) is 61.0 Å². The number of para-hydroxylation sites is 1. The minimum atomic E-state index is -0.497. The first-order valence-corrected chi connectivity index (χ1v) is 8.78. The van der Waals surface area contributed by atoms with Gasteiger partial charge in [-0.15, -0.1) is 0 Å². The summed E-state index contributed by atoms with van der Waals surface area (Å²) in [4.78, 5) is 23.6. The van der Waals surface area contributed by atoms with Gasteiger partial charge in [-0.25, -0.2) is 4.39 Å². The lowest BCUT2D eigenvalue weighted by Gasteiger charge is -2.13. The van der Waals surface area contributed by atoms with E-state index in [9.17, 15) is 14.0 Å². The lowest BCUT2D eigenvalue weighted by atomic mass is 10.1. The highest BCUT2D eigenvalue weighted by atomic mass is 32.1. The Balaban J connectivity index is 1.73. The number of hydrogen-bond acceptors (Lipinski definition) is 4. The molecule has 6 nitrogen and oxygen atoms in total. The molecular weight excluding hydrogens is 381 g/mol. The zero-order chi connectivity index (χ0) is 20.5. The molecule has 0 aliphatic heterocycles. The maximum Gasteiger partial charge on any atom is 0.276 e. The Morgan fingerprint density at radius 2 is 1.71 bits per heavy atom. The SMILES string of the molecule is Cc1cccc(C)c1OCC(=O)NNC(=S)NC(=O)/C=C/c1ccc(F)cc1. The van der Waals surface area contributed by atoms with Gasteiger partial charge < -0.3 is 4.74 Å². The molecule has 0 radical (unpaired) electrons. The predicted molar refractivity (Wildman–Crippen MR) is 109 cm³/mol. The van der Waals surface area contributed by atoms with Crippen LogP contribution in [0.3, 0.4) is 0 Å². The Morgan fingerprint density at radius 1 is 1.07 bits per heavy atom. The van der Waals surface area contributed by atoms with Crippen molar-refractivity contribution in [1.82, 2.24) is 16.2 Å². The highest BCUT2D eigenvalue weighted by Crippen LogP contribution is 2.21. The van der Waals surface area contributed by atoms with E-state index in [0.717, 1.165) is 11.1 Å². The summed E-state index contributed by atoms with van der Waals surface area (Å²) in [6.07, 6.45) is 2.75. The quantitative estimate of drug-likeness (QED) is 0.408. The second-order valence-corrected chi connectivity index (χ2v) is 6.29. The molecule has 0 spiro atoms. The number of rotatable bonds is 5.